The number of nitrogens with zero attached hydrogens (tertiary/aromatic N) is 1. The van der Waals surface area contributed by atoms with Gasteiger partial charge in [-0.2, -0.15) is 0 Å². The maximum absolute atomic E-state index is 12.6. The first-order valence-corrected chi connectivity index (χ1v) is 14.6. The van der Waals surface area contributed by atoms with Gasteiger partial charge in [0.05, 0.1) is 12.8 Å². The van der Waals surface area contributed by atoms with E-state index in [-0.39, 0.29) is 17.4 Å². The molecule has 0 saturated heterocycles. The van der Waals surface area contributed by atoms with Gasteiger partial charge in [0.15, 0.2) is 6.61 Å². The second-order valence-electron chi connectivity index (χ2n) is 12.7. The third-order valence-electron chi connectivity index (χ3n) is 10.8. The van der Waals surface area contributed by atoms with Crippen LogP contribution in [0.5, 0.6) is 0 Å². The summed E-state index contributed by atoms with van der Waals surface area (Å²) < 4.78 is 4.88. The standard InChI is InChI=1S/C33H42N2O5/c1-5-33(38)18-15-27-25-12-11-23-20-24(13-16-31(23,2)26(25)14-17-32(27,33)3)35-40-21-29(36)34-28(30(37)39-4)19-22-9-7-6-8-10-22/h1,6-10,20,25-28,38H,11-19,21H2,2-4H3,(H,34,36). The lowest BCUT2D eigenvalue weighted by Gasteiger charge is -2.58. The smallest absolute Gasteiger partial charge is 0.328 e. The zero-order chi connectivity index (χ0) is 28.5. The molecule has 1 amide bonds. The van der Waals surface area contributed by atoms with E-state index in [2.05, 4.69) is 36.3 Å². The highest BCUT2D eigenvalue weighted by Gasteiger charge is 2.63. The van der Waals surface area contributed by atoms with Crippen LogP contribution in [-0.4, -0.2) is 48.1 Å². The van der Waals surface area contributed by atoms with Crippen LogP contribution < -0.4 is 5.32 Å². The number of methoxy groups -OCH3 is 1. The van der Waals surface area contributed by atoms with Gasteiger partial charge in [-0.3, -0.25) is 4.79 Å². The number of oxime groups is 1. The third kappa shape index (κ3) is 4.96. The highest BCUT2D eigenvalue weighted by molar-refractivity contribution is 5.96. The van der Waals surface area contributed by atoms with Crippen LogP contribution in [-0.2, 0) is 25.6 Å². The Balaban J connectivity index is 1.20. The number of fused-ring (bicyclic) bond motifs is 5. The van der Waals surface area contributed by atoms with E-state index in [4.69, 9.17) is 16.0 Å². The minimum atomic E-state index is -0.978. The normalized spacial score (nSPS) is 36.2. The Bertz CT molecular complexity index is 1230. The number of hydrogen-bond acceptors (Lipinski definition) is 6. The minimum Gasteiger partial charge on any atom is -0.467 e. The molecule has 7 unspecified atom stereocenters. The minimum absolute atomic E-state index is 0.114. The molecule has 214 valence electrons. The average Bonchev–Trinajstić information content (AvgIpc) is 3.23. The van der Waals surface area contributed by atoms with E-state index in [0.29, 0.717) is 30.6 Å². The van der Waals surface area contributed by atoms with Crippen molar-refractivity contribution in [2.75, 3.05) is 13.7 Å². The Morgan fingerprint density at radius 3 is 2.60 bits per heavy atom. The summed E-state index contributed by atoms with van der Waals surface area (Å²) in [7, 11) is 1.31. The monoisotopic (exact) mass is 546 g/mol. The summed E-state index contributed by atoms with van der Waals surface area (Å²) in [6.07, 6.45) is 16.0. The molecule has 40 heavy (non-hydrogen) atoms. The Hall–Kier alpha value is -3.11. The van der Waals surface area contributed by atoms with Crippen molar-refractivity contribution in [3.63, 3.8) is 0 Å². The van der Waals surface area contributed by atoms with Gasteiger partial charge in [0, 0.05) is 11.8 Å². The molecule has 0 heterocycles. The molecule has 0 aromatic heterocycles. The lowest BCUT2D eigenvalue weighted by Crippen LogP contribution is -2.54. The predicted molar refractivity (Wildman–Crippen MR) is 153 cm³/mol. The molecule has 7 heteroatoms. The highest BCUT2D eigenvalue weighted by atomic mass is 16.6. The largest absolute Gasteiger partial charge is 0.467 e. The molecule has 4 aliphatic rings. The fourth-order valence-electron chi connectivity index (χ4n) is 8.49. The van der Waals surface area contributed by atoms with Crippen molar-refractivity contribution in [3.05, 3.63) is 47.5 Å². The Labute approximate surface area is 237 Å². The summed E-state index contributed by atoms with van der Waals surface area (Å²) in [4.78, 5) is 30.3. The topological polar surface area (TPSA) is 97.2 Å². The van der Waals surface area contributed by atoms with Crippen LogP contribution in [0, 0.1) is 40.9 Å². The number of carbonyl (C=O) groups is 2. The van der Waals surface area contributed by atoms with Crippen molar-refractivity contribution in [2.45, 2.75) is 83.3 Å². The van der Waals surface area contributed by atoms with Gasteiger partial charge in [-0.05, 0) is 86.2 Å². The highest BCUT2D eigenvalue weighted by Crippen LogP contribution is 2.67. The molecule has 0 radical (unpaired) electrons. The number of rotatable bonds is 7. The second-order valence-corrected chi connectivity index (χ2v) is 12.7. The molecule has 2 N–H and O–H groups in total. The van der Waals surface area contributed by atoms with E-state index in [1.54, 1.807) is 0 Å². The zero-order valence-electron chi connectivity index (χ0n) is 23.9. The van der Waals surface area contributed by atoms with Crippen LogP contribution in [0.2, 0.25) is 0 Å². The fraction of sp³-hybridized carbons (Fsp3) is 0.606. The number of carbonyl (C=O) groups excluding carboxylic acids is 2. The molecule has 1 aromatic carbocycles. The molecule has 0 aliphatic heterocycles. The van der Waals surface area contributed by atoms with Gasteiger partial charge in [0.25, 0.3) is 5.91 Å². The first-order valence-electron chi connectivity index (χ1n) is 14.6. The molecule has 1 aromatic rings. The van der Waals surface area contributed by atoms with Crippen molar-refractivity contribution >= 4 is 17.6 Å². The predicted octanol–water partition coefficient (Wildman–Crippen LogP) is 4.59. The number of benzene rings is 1. The van der Waals surface area contributed by atoms with E-state index >= 15 is 0 Å². The summed E-state index contributed by atoms with van der Waals surface area (Å²) in [6, 6.07) is 8.69. The molecule has 3 saturated carbocycles. The third-order valence-corrected chi connectivity index (χ3v) is 10.8. The van der Waals surface area contributed by atoms with Crippen LogP contribution >= 0.6 is 0 Å². The number of esters is 1. The molecular formula is C33H42N2O5. The SMILES string of the molecule is C#CC1(O)CCC2C3CCC4=CC(=NOCC(=O)NC(Cc5ccccc5)C(=O)OC)CCC4(C)C3CCC21C. The van der Waals surface area contributed by atoms with Gasteiger partial charge in [-0.1, -0.05) is 60.8 Å². The summed E-state index contributed by atoms with van der Waals surface area (Å²) >= 11 is 0. The summed E-state index contributed by atoms with van der Waals surface area (Å²) in [5.41, 5.74) is 2.15. The quantitative estimate of drug-likeness (QED) is 0.296. The Morgan fingerprint density at radius 1 is 1.12 bits per heavy atom. The molecule has 0 bridgehead atoms. The first-order chi connectivity index (χ1) is 19.1. The lowest BCUT2D eigenvalue weighted by molar-refractivity contribution is -0.145. The van der Waals surface area contributed by atoms with Gasteiger partial charge in [-0.25, -0.2) is 4.79 Å². The summed E-state index contributed by atoms with van der Waals surface area (Å²) in [5.74, 6) is 3.49. The number of allylic oxidation sites excluding steroid dienone is 2. The molecule has 3 fully saturated rings. The van der Waals surface area contributed by atoms with Crippen LogP contribution in [0.25, 0.3) is 0 Å². The second kappa shape index (κ2) is 11.0. The first kappa shape index (κ1) is 28.4. The summed E-state index contributed by atoms with van der Waals surface area (Å²) in [6.45, 7) is 4.36. The van der Waals surface area contributed by atoms with Gasteiger partial charge in [-0.15, -0.1) is 6.42 Å². The van der Waals surface area contributed by atoms with E-state index in [1.165, 1.54) is 12.7 Å². The summed E-state index contributed by atoms with van der Waals surface area (Å²) in [5, 5.41) is 18.2. The van der Waals surface area contributed by atoms with Crippen molar-refractivity contribution in [3.8, 4) is 12.3 Å². The number of hydrogen-bond donors (Lipinski definition) is 2. The lowest BCUT2D eigenvalue weighted by atomic mass is 9.46. The van der Waals surface area contributed by atoms with Gasteiger partial charge in [0.1, 0.15) is 11.6 Å². The molecule has 7 nitrogen and oxygen atoms in total. The fourth-order valence-corrected chi connectivity index (χ4v) is 8.49. The zero-order valence-corrected chi connectivity index (χ0v) is 23.9. The molecule has 4 aliphatic carbocycles. The van der Waals surface area contributed by atoms with Crippen LogP contribution in [0.3, 0.4) is 0 Å². The maximum Gasteiger partial charge on any atom is 0.328 e. The van der Waals surface area contributed by atoms with Crippen molar-refractivity contribution in [2.24, 2.45) is 33.7 Å². The average molecular weight is 547 g/mol. The molecular weight excluding hydrogens is 504 g/mol. The van der Waals surface area contributed by atoms with Crippen LogP contribution in [0.15, 0.2) is 47.1 Å². The van der Waals surface area contributed by atoms with Gasteiger partial charge < -0.3 is 20.0 Å². The number of amides is 1. The van der Waals surface area contributed by atoms with Crippen molar-refractivity contribution in [1.29, 1.82) is 0 Å². The molecule has 7 atom stereocenters. The van der Waals surface area contributed by atoms with Crippen LogP contribution in [0.1, 0.15) is 70.8 Å². The van der Waals surface area contributed by atoms with Gasteiger partial charge >= 0.3 is 5.97 Å². The van der Waals surface area contributed by atoms with Crippen molar-refractivity contribution < 1.29 is 24.3 Å². The van der Waals surface area contributed by atoms with Gasteiger partial charge in [0.2, 0.25) is 0 Å². The van der Waals surface area contributed by atoms with Crippen LogP contribution in [0.4, 0.5) is 0 Å². The number of aliphatic hydroxyl groups is 1. The van der Waals surface area contributed by atoms with Crippen molar-refractivity contribution in [1.82, 2.24) is 5.32 Å². The Kier molecular flexibility index (Phi) is 7.85. The number of terminal acetylenes is 1. The van der Waals surface area contributed by atoms with E-state index in [9.17, 15) is 14.7 Å². The van der Waals surface area contributed by atoms with E-state index in [0.717, 1.165) is 56.2 Å². The Morgan fingerprint density at radius 2 is 1.88 bits per heavy atom. The maximum atomic E-state index is 12.6. The molecule has 0 spiro atoms. The van der Waals surface area contributed by atoms with E-state index < -0.39 is 23.5 Å². The number of ether oxygens (including phenoxy) is 1. The molecule has 5 rings (SSSR count). The van der Waals surface area contributed by atoms with E-state index in [1.807, 2.05) is 30.3 Å². The number of nitrogens with one attached hydrogen (secondary N) is 1.